The summed E-state index contributed by atoms with van der Waals surface area (Å²) in [5.74, 6) is 7.17. The van der Waals surface area contributed by atoms with Crippen LogP contribution < -0.4 is 11.3 Å². The molecule has 0 spiro atoms. The lowest BCUT2D eigenvalue weighted by Crippen LogP contribution is -2.31. The first-order valence-corrected chi connectivity index (χ1v) is 6.84. The van der Waals surface area contributed by atoms with Crippen LogP contribution in [-0.2, 0) is 20.0 Å². The molecular formula is C13H23N7. The van der Waals surface area contributed by atoms with Gasteiger partial charge in [0, 0.05) is 31.8 Å². The van der Waals surface area contributed by atoms with E-state index in [9.17, 15) is 0 Å². The summed E-state index contributed by atoms with van der Waals surface area (Å²) in [6, 6.07) is -0.0150. The molecule has 110 valence electrons. The van der Waals surface area contributed by atoms with Crippen molar-refractivity contribution >= 4 is 0 Å². The summed E-state index contributed by atoms with van der Waals surface area (Å²) < 4.78 is 3.74. The fourth-order valence-electron chi connectivity index (χ4n) is 2.35. The van der Waals surface area contributed by atoms with Crippen LogP contribution in [0.1, 0.15) is 37.0 Å². The quantitative estimate of drug-likeness (QED) is 0.600. The second-order valence-electron chi connectivity index (χ2n) is 5.52. The maximum absolute atomic E-state index is 5.71. The molecule has 0 aliphatic heterocycles. The molecule has 0 aliphatic rings. The van der Waals surface area contributed by atoms with Crippen molar-refractivity contribution in [3.63, 3.8) is 0 Å². The van der Waals surface area contributed by atoms with Crippen LogP contribution in [0.5, 0.6) is 0 Å². The molecule has 0 saturated heterocycles. The lowest BCUT2D eigenvalue weighted by Gasteiger charge is -2.16. The summed E-state index contributed by atoms with van der Waals surface area (Å²) in [5.41, 5.74) is 4.93. The molecule has 0 fully saturated rings. The normalized spacial score (nSPS) is 13.1. The second-order valence-corrected chi connectivity index (χ2v) is 5.52. The van der Waals surface area contributed by atoms with E-state index in [2.05, 4.69) is 34.5 Å². The molecule has 2 heterocycles. The summed E-state index contributed by atoms with van der Waals surface area (Å²) in [6.45, 7) is 7.17. The Morgan fingerprint density at radius 2 is 2.15 bits per heavy atom. The Morgan fingerprint density at radius 1 is 1.40 bits per heavy atom. The average Bonchev–Trinajstić information content (AvgIpc) is 2.92. The molecule has 7 nitrogen and oxygen atoms in total. The lowest BCUT2D eigenvalue weighted by molar-refractivity contribution is 0.446. The highest BCUT2D eigenvalue weighted by Crippen LogP contribution is 2.19. The summed E-state index contributed by atoms with van der Waals surface area (Å²) in [5, 5.41) is 8.64. The number of nitrogens with two attached hydrogens (primary N) is 1. The monoisotopic (exact) mass is 277 g/mol. The number of aromatic nitrogens is 5. The lowest BCUT2D eigenvalue weighted by atomic mass is 10.1. The van der Waals surface area contributed by atoms with Crippen LogP contribution in [0.2, 0.25) is 0 Å². The summed E-state index contributed by atoms with van der Waals surface area (Å²) in [6.07, 6.45) is 4.28. The Hall–Kier alpha value is -1.73. The third-order valence-electron chi connectivity index (χ3n) is 3.25. The standard InChI is InChI=1S/C13H23N7/c1-9(2)6-20-13(15-8-16-20)5-12(17-14)11-7-19(4)18-10(11)3/h7-9,12,17H,5-6,14H2,1-4H3. The number of hydrazine groups is 1. The minimum absolute atomic E-state index is 0.0150. The Balaban J connectivity index is 2.18. The Morgan fingerprint density at radius 3 is 2.70 bits per heavy atom. The zero-order valence-corrected chi connectivity index (χ0v) is 12.5. The van der Waals surface area contributed by atoms with Gasteiger partial charge >= 0.3 is 0 Å². The minimum Gasteiger partial charge on any atom is -0.275 e. The number of aryl methyl sites for hydroxylation is 2. The van der Waals surface area contributed by atoms with E-state index in [0.29, 0.717) is 12.3 Å². The third kappa shape index (κ3) is 3.23. The number of rotatable bonds is 6. The smallest absolute Gasteiger partial charge is 0.138 e. The van der Waals surface area contributed by atoms with Crippen molar-refractivity contribution < 1.29 is 0 Å². The molecule has 1 atom stereocenters. The Bertz CT molecular complexity index is 555. The van der Waals surface area contributed by atoms with E-state index < -0.39 is 0 Å². The predicted molar refractivity (Wildman–Crippen MR) is 76.6 cm³/mol. The molecule has 0 bridgehead atoms. The van der Waals surface area contributed by atoms with Gasteiger partial charge in [-0.2, -0.15) is 10.2 Å². The second kappa shape index (κ2) is 6.15. The van der Waals surface area contributed by atoms with Crippen LogP contribution in [0.3, 0.4) is 0 Å². The number of hydrogen-bond donors (Lipinski definition) is 2. The topological polar surface area (TPSA) is 86.6 Å². The van der Waals surface area contributed by atoms with Crippen molar-refractivity contribution in [1.82, 2.24) is 30.0 Å². The van der Waals surface area contributed by atoms with E-state index in [-0.39, 0.29) is 6.04 Å². The van der Waals surface area contributed by atoms with Crippen molar-refractivity contribution in [2.24, 2.45) is 18.8 Å². The van der Waals surface area contributed by atoms with Crippen LogP contribution in [0, 0.1) is 12.8 Å². The van der Waals surface area contributed by atoms with Crippen molar-refractivity contribution in [1.29, 1.82) is 0 Å². The van der Waals surface area contributed by atoms with Crippen LogP contribution in [0.25, 0.3) is 0 Å². The highest BCUT2D eigenvalue weighted by atomic mass is 15.3. The third-order valence-corrected chi connectivity index (χ3v) is 3.25. The molecule has 0 aliphatic carbocycles. The van der Waals surface area contributed by atoms with E-state index in [1.807, 2.05) is 24.9 Å². The van der Waals surface area contributed by atoms with Crippen LogP contribution >= 0.6 is 0 Å². The molecule has 0 aromatic carbocycles. The average molecular weight is 277 g/mol. The van der Waals surface area contributed by atoms with Gasteiger partial charge in [0.1, 0.15) is 12.2 Å². The van der Waals surface area contributed by atoms with Crippen molar-refractivity contribution in [2.75, 3.05) is 0 Å². The molecule has 2 aromatic heterocycles. The van der Waals surface area contributed by atoms with Gasteiger partial charge in [-0.3, -0.25) is 16.0 Å². The molecule has 2 aromatic rings. The number of nitrogens with one attached hydrogen (secondary N) is 1. The predicted octanol–water partition coefficient (Wildman–Crippen LogP) is 0.723. The molecule has 1 unspecified atom stereocenters. The zero-order chi connectivity index (χ0) is 14.7. The maximum Gasteiger partial charge on any atom is 0.138 e. The van der Waals surface area contributed by atoms with E-state index >= 15 is 0 Å². The fourth-order valence-corrected chi connectivity index (χ4v) is 2.35. The zero-order valence-electron chi connectivity index (χ0n) is 12.5. The van der Waals surface area contributed by atoms with Gasteiger partial charge < -0.3 is 0 Å². The van der Waals surface area contributed by atoms with Gasteiger partial charge in [0.25, 0.3) is 0 Å². The van der Waals surface area contributed by atoms with Crippen molar-refractivity contribution in [3.8, 4) is 0 Å². The van der Waals surface area contributed by atoms with Gasteiger partial charge in [0.05, 0.1) is 11.7 Å². The minimum atomic E-state index is -0.0150. The van der Waals surface area contributed by atoms with Gasteiger partial charge in [0.2, 0.25) is 0 Å². The van der Waals surface area contributed by atoms with E-state index in [4.69, 9.17) is 5.84 Å². The first-order chi connectivity index (χ1) is 9.51. The fraction of sp³-hybridized carbons (Fsp3) is 0.615. The first kappa shape index (κ1) is 14.7. The van der Waals surface area contributed by atoms with Gasteiger partial charge in [-0.05, 0) is 12.8 Å². The van der Waals surface area contributed by atoms with Crippen molar-refractivity contribution in [2.45, 2.75) is 39.8 Å². The summed E-state index contributed by atoms with van der Waals surface area (Å²) in [7, 11) is 1.91. The van der Waals surface area contributed by atoms with Crippen LogP contribution in [0.4, 0.5) is 0 Å². The van der Waals surface area contributed by atoms with Crippen LogP contribution in [0.15, 0.2) is 12.5 Å². The molecular weight excluding hydrogens is 254 g/mol. The highest BCUT2D eigenvalue weighted by Gasteiger charge is 2.19. The number of hydrogen-bond acceptors (Lipinski definition) is 5. The molecule has 7 heteroatoms. The van der Waals surface area contributed by atoms with Crippen molar-refractivity contribution in [3.05, 3.63) is 29.6 Å². The number of nitrogens with zero attached hydrogens (tertiary/aromatic N) is 5. The van der Waals surface area contributed by atoms with Gasteiger partial charge in [-0.15, -0.1) is 0 Å². The molecule has 3 N–H and O–H groups in total. The molecule has 2 rings (SSSR count). The van der Waals surface area contributed by atoms with Gasteiger partial charge in [-0.1, -0.05) is 13.8 Å². The van der Waals surface area contributed by atoms with E-state index in [1.54, 1.807) is 11.0 Å². The van der Waals surface area contributed by atoms with E-state index in [0.717, 1.165) is 23.6 Å². The van der Waals surface area contributed by atoms with Crippen LogP contribution in [-0.4, -0.2) is 24.5 Å². The maximum atomic E-state index is 5.71. The highest BCUT2D eigenvalue weighted by molar-refractivity contribution is 5.21. The molecule has 0 saturated carbocycles. The van der Waals surface area contributed by atoms with Gasteiger partial charge in [0.15, 0.2) is 0 Å². The molecule has 20 heavy (non-hydrogen) atoms. The first-order valence-electron chi connectivity index (χ1n) is 6.84. The largest absolute Gasteiger partial charge is 0.275 e. The molecule has 0 amide bonds. The van der Waals surface area contributed by atoms with E-state index in [1.165, 1.54) is 0 Å². The van der Waals surface area contributed by atoms with Gasteiger partial charge in [-0.25, -0.2) is 9.67 Å². The Labute approximate surface area is 119 Å². The SMILES string of the molecule is Cc1nn(C)cc1C(Cc1ncnn1CC(C)C)NN. The molecule has 0 radical (unpaired) electrons. The Kier molecular flexibility index (Phi) is 4.51. The summed E-state index contributed by atoms with van der Waals surface area (Å²) >= 11 is 0. The summed E-state index contributed by atoms with van der Waals surface area (Å²) in [4.78, 5) is 4.35.